The molecule has 8 heteroatoms. The van der Waals surface area contributed by atoms with Crippen molar-refractivity contribution in [3.05, 3.63) is 40.4 Å². The fourth-order valence-electron chi connectivity index (χ4n) is 3.86. The molecule has 1 heterocycles. The number of aryl methyl sites for hydroxylation is 1. The molecule has 0 radical (unpaired) electrons. The normalized spacial score (nSPS) is 20.8. The number of anilines is 2. The van der Waals surface area contributed by atoms with Crippen molar-refractivity contribution in [1.82, 2.24) is 10.3 Å². The molecule has 2 atom stereocenters. The molecular weight excluding hydrogens is 412 g/mol. The molecule has 2 fully saturated rings. The van der Waals surface area contributed by atoms with Crippen LogP contribution < -0.4 is 16.0 Å². The van der Waals surface area contributed by atoms with Gasteiger partial charge in [-0.2, -0.15) is 0 Å². The maximum Gasteiger partial charge on any atom is 0.267 e. The van der Waals surface area contributed by atoms with E-state index < -0.39 is 6.10 Å². The predicted molar refractivity (Wildman–Crippen MR) is 123 cm³/mol. The molecule has 4 N–H and O–H groups in total. The van der Waals surface area contributed by atoms with E-state index in [0.29, 0.717) is 22.5 Å². The third-order valence-electron chi connectivity index (χ3n) is 6.05. The molecule has 1 aromatic heterocycles. The van der Waals surface area contributed by atoms with E-state index in [4.69, 9.17) is 0 Å². The van der Waals surface area contributed by atoms with E-state index in [9.17, 15) is 14.7 Å². The molecule has 2 aromatic rings. The lowest BCUT2D eigenvalue weighted by atomic mass is 9.92. The van der Waals surface area contributed by atoms with Gasteiger partial charge >= 0.3 is 0 Å². The van der Waals surface area contributed by atoms with Crippen LogP contribution in [0, 0.1) is 12.8 Å². The summed E-state index contributed by atoms with van der Waals surface area (Å²) in [5, 5.41) is 20.0. The minimum absolute atomic E-state index is 0.219. The molecule has 0 saturated heterocycles. The first-order valence-electron chi connectivity index (χ1n) is 11.1. The SMILES string of the molecule is Cc1ccc(C(=O)N[C@H]2CCCC[C@@H]2O)cc1NC(=O)c1cnc(NCCC2CC2)s1. The number of aliphatic hydroxyl groups is 1. The van der Waals surface area contributed by atoms with Crippen molar-refractivity contribution in [2.45, 2.75) is 64.0 Å². The van der Waals surface area contributed by atoms with Crippen LogP contribution in [0.1, 0.15) is 70.5 Å². The number of nitrogens with zero attached hydrogens (tertiary/aromatic N) is 1. The van der Waals surface area contributed by atoms with Crippen LogP contribution in [-0.4, -0.2) is 40.6 Å². The van der Waals surface area contributed by atoms with Crippen LogP contribution in [0.25, 0.3) is 0 Å². The Balaban J connectivity index is 1.37. The molecule has 7 nitrogen and oxygen atoms in total. The smallest absolute Gasteiger partial charge is 0.267 e. The minimum atomic E-state index is -0.499. The van der Waals surface area contributed by atoms with Crippen molar-refractivity contribution in [3.8, 4) is 0 Å². The van der Waals surface area contributed by atoms with Gasteiger partial charge in [0.1, 0.15) is 4.88 Å². The largest absolute Gasteiger partial charge is 0.391 e. The summed E-state index contributed by atoms with van der Waals surface area (Å²) in [5.41, 5.74) is 1.93. The number of aromatic nitrogens is 1. The highest BCUT2D eigenvalue weighted by atomic mass is 32.1. The number of carbonyl (C=O) groups excluding carboxylic acids is 2. The maximum atomic E-state index is 12.7. The molecule has 31 heavy (non-hydrogen) atoms. The molecule has 2 amide bonds. The van der Waals surface area contributed by atoms with Gasteiger partial charge in [0.05, 0.1) is 18.3 Å². The van der Waals surface area contributed by atoms with Crippen LogP contribution >= 0.6 is 11.3 Å². The monoisotopic (exact) mass is 442 g/mol. The Labute approximate surface area is 186 Å². The van der Waals surface area contributed by atoms with Gasteiger partial charge in [-0.05, 0) is 49.8 Å². The Morgan fingerprint density at radius 1 is 1.16 bits per heavy atom. The highest BCUT2D eigenvalue weighted by Crippen LogP contribution is 2.32. The third-order valence-corrected chi connectivity index (χ3v) is 7.00. The van der Waals surface area contributed by atoms with Crippen molar-refractivity contribution >= 4 is 34.0 Å². The first-order valence-corrected chi connectivity index (χ1v) is 11.9. The van der Waals surface area contributed by atoms with Crippen LogP contribution in [-0.2, 0) is 0 Å². The Bertz CT molecular complexity index is 941. The zero-order valence-corrected chi connectivity index (χ0v) is 18.6. The third kappa shape index (κ3) is 5.83. The summed E-state index contributed by atoms with van der Waals surface area (Å²) in [6.45, 7) is 2.77. The standard InChI is InChI=1S/C23H30N4O3S/c1-14-6-9-16(21(29)26-17-4-2-3-5-19(17)28)12-18(14)27-22(30)20-13-25-23(31-20)24-11-10-15-7-8-15/h6,9,12-13,15,17,19,28H,2-5,7-8,10-11H2,1H3,(H,24,25)(H,26,29)(H,27,30)/t17-,19-/m0/s1. The number of nitrogens with one attached hydrogen (secondary N) is 3. The van der Waals surface area contributed by atoms with Gasteiger partial charge < -0.3 is 21.1 Å². The van der Waals surface area contributed by atoms with Gasteiger partial charge in [0, 0.05) is 17.8 Å². The van der Waals surface area contributed by atoms with Crippen LogP contribution in [0.3, 0.4) is 0 Å². The number of thiazole rings is 1. The Morgan fingerprint density at radius 2 is 1.97 bits per heavy atom. The summed E-state index contributed by atoms with van der Waals surface area (Å²) in [4.78, 5) is 30.2. The minimum Gasteiger partial charge on any atom is -0.391 e. The average Bonchev–Trinajstić information content (AvgIpc) is 3.46. The van der Waals surface area contributed by atoms with Gasteiger partial charge in [-0.1, -0.05) is 43.1 Å². The van der Waals surface area contributed by atoms with Gasteiger partial charge in [-0.15, -0.1) is 0 Å². The predicted octanol–water partition coefficient (Wildman–Crippen LogP) is 3.95. The van der Waals surface area contributed by atoms with Crippen molar-refractivity contribution < 1.29 is 14.7 Å². The number of aliphatic hydroxyl groups excluding tert-OH is 1. The highest BCUT2D eigenvalue weighted by molar-refractivity contribution is 7.17. The maximum absolute atomic E-state index is 12.7. The van der Waals surface area contributed by atoms with Crippen LogP contribution in [0.2, 0.25) is 0 Å². The first-order chi connectivity index (χ1) is 15.0. The lowest BCUT2D eigenvalue weighted by molar-refractivity contribution is 0.0717. The zero-order valence-electron chi connectivity index (χ0n) is 17.8. The molecular formula is C23H30N4O3S. The Morgan fingerprint density at radius 3 is 2.74 bits per heavy atom. The molecule has 2 aliphatic carbocycles. The number of hydrogen-bond donors (Lipinski definition) is 4. The van der Waals surface area contributed by atoms with Crippen LogP contribution in [0.4, 0.5) is 10.8 Å². The van der Waals surface area contributed by atoms with Crippen molar-refractivity contribution in [1.29, 1.82) is 0 Å². The summed E-state index contributed by atoms with van der Waals surface area (Å²) in [7, 11) is 0. The van der Waals surface area contributed by atoms with E-state index >= 15 is 0 Å². The van der Waals surface area contributed by atoms with E-state index in [0.717, 1.165) is 48.8 Å². The molecule has 2 saturated carbocycles. The molecule has 0 spiro atoms. The van der Waals surface area contributed by atoms with E-state index in [1.165, 1.54) is 24.2 Å². The van der Waals surface area contributed by atoms with E-state index in [2.05, 4.69) is 20.9 Å². The molecule has 4 rings (SSSR count). The average molecular weight is 443 g/mol. The van der Waals surface area contributed by atoms with E-state index in [1.807, 2.05) is 13.0 Å². The summed E-state index contributed by atoms with van der Waals surface area (Å²) in [6.07, 6.45) is 8.36. The lowest BCUT2D eigenvalue weighted by Crippen LogP contribution is -2.45. The lowest BCUT2D eigenvalue weighted by Gasteiger charge is -2.28. The fraction of sp³-hybridized carbons (Fsp3) is 0.522. The van der Waals surface area contributed by atoms with Crippen molar-refractivity contribution in [3.63, 3.8) is 0 Å². The fourth-order valence-corrected chi connectivity index (χ4v) is 4.60. The summed E-state index contributed by atoms with van der Waals surface area (Å²) in [6, 6.07) is 5.03. The van der Waals surface area contributed by atoms with E-state index in [-0.39, 0.29) is 17.9 Å². The second kappa shape index (κ2) is 9.78. The molecule has 0 bridgehead atoms. The summed E-state index contributed by atoms with van der Waals surface area (Å²) in [5.74, 6) is 0.376. The van der Waals surface area contributed by atoms with Gasteiger partial charge in [0.25, 0.3) is 11.8 Å². The summed E-state index contributed by atoms with van der Waals surface area (Å²) < 4.78 is 0. The second-order valence-corrected chi connectivity index (χ2v) is 9.63. The number of amides is 2. The number of benzene rings is 1. The second-order valence-electron chi connectivity index (χ2n) is 8.60. The Kier molecular flexibility index (Phi) is 6.87. The highest BCUT2D eigenvalue weighted by Gasteiger charge is 2.25. The van der Waals surface area contributed by atoms with Crippen molar-refractivity contribution in [2.24, 2.45) is 5.92 Å². The topological polar surface area (TPSA) is 103 Å². The summed E-state index contributed by atoms with van der Waals surface area (Å²) >= 11 is 1.33. The van der Waals surface area contributed by atoms with Gasteiger partial charge in [-0.3, -0.25) is 9.59 Å². The number of carbonyl (C=O) groups is 2. The molecule has 2 aliphatic rings. The van der Waals surface area contributed by atoms with E-state index in [1.54, 1.807) is 18.3 Å². The van der Waals surface area contributed by atoms with Gasteiger partial charge in [0.15, 0.2) is 5.13 Å². The molecule has 0 unspecified atom stereocenters. The van der Waals surface area contributed by atoms with Gasteiger partial charge in [0.2, 0.25) is 0 Å². The molecule has 166 valence electrons. The first kappa shape index (κ1) is 21.8. The molecule has 1 aromatic carbocycles. The number of hydrogen-bond acceptors (Lipinski definition) is 6. The van der Waals surface area contributed by atoms with Crippen LogP contribution in [0.5, 0.6) is 0 Å². The number of rotatable bonds is 8. The van der Waals surface area contributed by atoms with Gasteiger partial charge in [-0.25, -0.2) is 4.98 Å². The van der Waals surface area contributed by atoms with Crippen LogP contribution in [0.15, 0.2) is 24.4 Å². The zero-order chi connectivity index (χ0) is 21.8. The Hall–Kier alpha value is -2.45. The quantitative estimate of drug-likeness (QED) is 0.496. The van der Waals surface area contributed by atoms with Crippen molar-refractivity contribution in [2.75, 3.05) is 17.2 Å². The molecule has 0 aliphatic heterocycles.